The van der Waals surface area contributed by atoms with E-state index in [4.69, 9.17) is 10.5 Å². The van der Waals surface area contributed by atoms with Gasteiger partial charge >= 0.3 is 6.09 Å². The zero-order chi connectivity index (χ0) is 24.7. The highest BCUT2D eigenvalue weighted by Crippen LogP contribution is 2.22. The van der Waals surface area contributed by atoms with E-state index in [0.717, 1.165) is 0 Å². The molecule has 0 heterocycles. The highest BCUT2D eigenvalue weighted by atomic mass is 16.6. The van der Waals surface area contributed by atoms with Gasteiger partial charge in [-0.15, -0.1) is 0 Å². The van der Waals surface area contributed by atoms with Crippen molar-refractivity contribution < 1.29 is 23.9 Å². The van der Waals surface area contributed by atoms with Crippen molar-refractivity contribution in [2.24, 2.45) is 5.73 Å². The lowest BCUT2D eigenvalue weighted by Gasteiger charge is -2.33. The smallest absolute Gasteiger partial charge is 0.408 e. The van der Waals surface area contributed by atoms with Crippen molar-refractivity contribution in [3.8, 4) is 0 Å². The number of hydrogen-bond donors (Lipinski definition) is 3. The average molecular weight is 449 g/mol. The van der Waals surface area contributed by atoms with E-state index in [1.807, 2.05) is 26.8 Å². The Hall–Kier alpha value is -3.10. The molecule has 0 aliphatic heterocycles. The summed E-state index contributed by atoms with van der Waals surface area (Å²) < 4.78 is 5.25. The van der Waals surface area contributed by atoms with Crippen molar-refractivity contribution in [2.75, 3.05) is 7.05 Å². The van der Waals surface area contributed by atoms with Crippen LogP contribution in [-0.4, -0.2) is 52.9 Å². The van der Waals surface area contributed by atoms with Gasteiger partial charge in [0.05, 0.1) is 0 Å². The van der Waals surface area contributed by atoms with E-state index in [1.54, 1.807) is 45.0 Å². The van der Waals surface area contributed by atoms with Crippen LogP contribution in [0, 0.1) is 0 Å². The second-order valence-corrected chi connectivity index (χ2v) is 9.71. The molecular weight excluding hydrogens is 412 g/mol. The van der Waals surface area contributed by atoms with Gasteiger partial charge in [-0.2, -0.15) is 0 Å². The van der Waals surface area contributed by atoms with Gasteiger partial charge in [-0.25, -0.2) is 4.79 Å². The quantitative estimate of drug-likeness (QED) is 0.561. The minimum atomic E-state index is -1.10. The normalized spacial score (nSPS) is 13.5. The van der Waals surface area contributed by atoms with Crippen molar-refractivity contribution >= 4 is 23.8 Å². The summed E-state index contributed by atoms with van der Waals surface area (Å²) in [6.45, 7) is 10.6. The first-order chi connectivity index (χ1) is 14.6. The number of alkyl carbamates (subject to hydrolysis) is 1. The highest BCUT2D eigenvalue weighted by Gasteiger charge is 2.35. The predicted molar refractivity (Wildman–Crippen MR) is 121 cm³/mol. The Labute approximate surface area is 190 Å². The van der Waals surface area contributed by atoms with Crippen molar-refractivity contribution in [2.45, 2.75) is 77.6 Å². The minimum Gasteiger partial charge on any atom is -0.444 e. The van der Waals surface area contributed by atoms with Crippen LogP contribution in [0.2, 0.25) is 0 Å². The van der Waals surface area contributed by atoms with Gasteiger partial charge in [0, 0.05) is 19.0 Å². The number of primary amides is 1. The maximum absolute atomic E-state index is 13.4. The molecule has 0 radical (unpaired) electrons. The van der Waals surface area contributed by atoms with Crippen LogP contribution >= 0.6 is 0 Å². The molecule has 0 spiro atoms. The molecule has 1 aromatic carbocycles. The van der Waals surface area contributed by atoms with Gasteiger partial charge < -0.3 is 26.0 Å². The molecule has 9 heteroatoms. The first-order valence-electron chi connectivity index (χ1n) is 10.5. The third-order valence-electron chi connectivity index (χ3n) is 4.27. The van der Waals surface area contributed by atoms with Crippen molar-refractivity contribution in [3.05, 3.63) is 35.9 Å². The molecule has 1 aromatic rings. The third-order valence-corrected chi connectivity index (χ3v) is 4.27. The first-order valence-corrected chi connectivity index (χ1v) is 10.5. The summed E-state index contributed by atoms with van der Waals surface area (Å²) in [6.07, 6.45) is -0.950. The summed E-state index contributed by atoms with van der Waals surface area (Å²) in [6, 6.07) is 6.80. The van der Waals surface area contributed by atoms with Crippen LogP contribution in [0.3, 0.4) is 0 Å². The fourth-order valence-electron chi connectivity index (χ4n) is 2.99. The summed E-state index contributed by atoms with van der Waals surface area (Å²) in [5.41, 5.74) is 4.56. The predicted octanol–water partition coefficient (Wildman–Crippen LogP) is 2.26. The molecule has 0 aromatic heterocycles. The van der Waals surface area contributed by atoms with E-state index in [0.29, 0.717) is 5.56 Å². The van der Waals surface area contributed by atoms with E-state index in [1.165, 1.54) is 11.9 Å². The number of rotatable bonds is 8. The van der Waals surface area contributed by atoms with Gasteiger partial charge in [-0.1, -0.05) is 30.3 Å². The van der Waals surface area contributed by atoms with Crippen LogP contribution in [-0.2, 0) is 19.1 Å². The summed E-state index contributed by atoms with van der Waals surface area (Å²) in [7, 11) is 1.48. The summed E-state index contributed by atoms with van der Waals surface area (Å²) in [5, 5.41) is 5.41. The Kier molecular flexibility index (Phi) is 9.23. The largest absolute Gasteiger partial charge is 0.444 e. The third kappa shape index (κ3) is 9.36. The van der Waals surface area contributed by atoms with Crippen molar-refractivity contribution in [1.82, 2.24) is 15.5 Å². The SMILES string of the molecule is CN(C(=O)C(CCC(N)=O)NC(=O)OC(C)(C)C)C(C(=O)NC(C)(C)C)c1ccccc1. The number of ether oxygens (including phenoxy) is 1. The number of hydrogen-bond acceptors (Lipinski definition) is 5. The van der Waals surface area contributed by atoms with Crippen LogP contribution in [0.1, 0.15) is 66.0 Å². The number of likely N-dealkylation sites (N-methyl/N-ethyl adjacent to an activating group) is 1. The van der Waals surface area contributed by atoms with Gasteiger partial charge in [0.15, 0.2) is 0 Å². The molecule has 0 aliphatic rings. The number of benzene rings is 1. The highest BCUT2D eigenvalue weighted by molar-refractivity contribution is 5.92. The van der Waals surface area contributed by atoms with E-state index < -0.39 is 41.1 Å². The monoisotopic (exact) mass is 448 g/mol. The van der Waals surface area contributed by atoms with Gasteiger partial charge in [-0.05, 0) is 53.5 Å². The number of amides is 4. The molecule has 0 saturated heterocycles. The second-order valence-electron chi connectivity index (χ2n) is 9.71. The Balaban J connectivity index is 3.22. The standard InChI is InChI=1S/C23H36N4O5/c1-22(2,3)26-19(29)18(15-11-9-8-10-12-15)27(7)20(30)16(13-14-17(24)28)25-21(31)32-23(4,5)6/h8-12,16,18H,13-14H2,1-7H3,(H2,24,28)(H,25,31)(H,26,29). The number of carbonyl (C=O) groups excluding carboxylic acids is 4. The average Bonchev–Trinajstić information content (AvgIpc) is 2.62. The zero-order valence-corrected chi connectivity index (χ0v) is 20.0. The molecule has 0 fully saturated rings. The molecule has 1 rings (SSSR count). The van der Waals surface area contributed by atoms with Crippen molar-refractivity contribution in [3.63, 3.8) is 0 Å². The van der Waals surface area contributed by atoms with Crippen LogP contribution in [0.4, 0.5) is 4.79 Å². The molecule has 2 unspecified atom stereocenters. The Morgan fingerprint density at radius 1 is 1.03 bits per heavy atom. The number of carbonyl (C=O) groups is 4. The molecular formula is C23H36N4O5. The molecule has 32 heavy (non-hydrogen) atoms. The molecule has 0 bridgehead atoms. The topological polar surface area (TPSA) is 131 Å². The van der Waals surface area contributed by atoms with Crippen LogP contribution in [0.15, 0.2) is 30.3 Å². The van der Waals surface area contributed by atoms with Crippen molar-refractivity contribution in [1.29, 1.82) is 0 Å². The molecule has 2 atom stereocenters. The number of nitrogens with two attached hydrogens (primary N) is 1. The zero-order valence-electron chi connectivity index (χ0n) is 20.0. The lowest BCUT2D eigenvalue weighted by molar-refractivity contribution is -0.141. The van der Waals surface area contributed by atoms with E-state index >= 15 is 0 Å². The maximum Gasteiger partial charge on any atom is 0.408 e. The lowest BCUT2D eigenvalue weighted by Crippen LogP contribution is -2.53. The summed E-state index contributed by atoms with van der Waals surface area (Å²) >= 11 is 0. The summed E-state index contributed by atoms with van der Waals surface area (Å²) in [5.74, 6) is -1.53. The van der Waals surface area contributed by atoms with Crippen LogP contribution in [0.25, 0.3) is 0 Å². The Bertz CT molecular complexity index is 812. The lowest BCUT2D eigenvalue weighted by atomic mass is 10.0. The molecule has 0 saturated carbocycles. The second kappa shape index (κ2) is 11.0. The Morgan fingerprint density at radius 3 is 2.06 bits per heavy atom. The van der Waals surface area contributed by atoms with Gasteiger partial charge in [0.1, 0.15) is 17.7 Å². The van der Waals surface area contributed by atoms with Gasteiger partial charge in [-0.3, -0.25) is 14.4 Å². The van der Waals surface area contributed by atoms with Gasteiger partial charge in [0.2, 0.25) is 17.7 Å². The number of nitrogens with one attached hydrogen (secondary N) is 2. The fourth-order valence-corrected chi connectivity index (χ4v) is 2.99. The molecule has 9 nitrogen and oxygen atoms in total. The van der Waals surface area contributed by atoms with Crippen LogP contribution in [0.5, 0.6) is 0 Å². The molecule has 4 amide bonds. The Morgan fingerprint density at radius 2 is 1.59 bits per heavy atom. The summed E-state index contributed by atoms with van der Waals surface area (Å²) in [4.78, 5) is 51.4. The van der Waals surface area contributed by atoms with Gasteiger partial charge in [0.25, 0.3) is 0 Å². The molecule has 178 valence electrons. The van der Waals surface area contributed by atoms with E-state index in [2.05, 4.69) is 10.6 Å². The fraction of sp³-hybridized carbons (Fsp3) is 0.565. The van der Waals surface area contributed by atoms with E-state index in [-0.39, 0.29) is 18.7 Å². The van der Waals surface area contributed by atoms with Crippen LogP contribution < -0.4 is 16.4 Å². The maximum atomic E-state index is 13.4. The number of nitrogens with zero attached hydrogens (tertiary/aromatic N) is 1. The molecule has 4 N–H and O–H groups in total. The van der Waals surface area contributed by atoms with E-state index in [9.17, 15) is 19.2 Å². The first kappa shape index (κ1) is 26.9. The minimum absolute atomic E-state index is 0.0276. The molecule has 0 aliphatic carbocycles.